The molecule has 0 bridgehead atoms. The highest BCUT2D eigenvalue weighted by atomic mass is 32.2. The third-order valence-electron chi connectivity index (χ3n) is 6.60. The molecule has 0 atom stereocenters. The summed E-state index contributed by atoms with van der Waals surface area (Å²) in [6.45, 7) is 6.69. The number of aryl methyl sites for hydroxylation is 2. The first-order valence-corrected chi connectivity index (χ1v) is 14.1. The maximum atomic E-state index is 14.0. The Morgan fingerprint density at radius 3 is 2.73 bits per heavy atom. The molecule has 4 aromatic rings. The molecule has 0 saturated carbocycles. The van der Waals surface area contributed by atoms with Crippen LogP contribution in [0.4, 0.5) is 5.69 Å². The molecule has 0 spiro atoms. The lowest BCUT2D eigenvalue weighted by molar-refractivity contribution is -0.129. The van der Waals surface area contributed by atoms with Crippen LogP contribution in [0.5, 0.6) is 0 Å². The van der Waals surface area contributed by atoms with E-state index in [9.17, 15) is 14.4 Å². The van der Waals surface area contributed by atoms with Gasteiger partial charge in [0.25, 0.3) is 5.56 Å². The van der Waals surface area contributed by atoms with E-state index in [0.29, 0.717) is 34.9 Å². The lowest BCUT2D eigenvalue weighted by atomic mass is 10.1. The van der Waals surface area contributed by atoms with Crippen LogP contribution in [0.15, 0.2) is 58.5 Å². The molecule has 0 unspecified atom stereocenters. The van der Waals surface area contributed by atoms with Gasteiger partial charge in [0.1, 0.15) is 4.83 Å². The first-order chi connectivity index (χ1) is 17.9. The Kier molecular flexibility index (Phi) is 7.17. The number of benzene rings is 2. The molecule has 0 radical (unpaired) electrons. The Hall–Kier alpha value is -3.43. The van der Waals surface area contributed by atoms with Gasteiger partial charge in [0.2, 0.25) is 11.8 Å². The monoisotopic (exact) mass is 532 g/mol. The number of nitrogens with one attached hydrogen (secondary N) is 1. The molecule has 9 heteroatoms. The molecule has 1 N–H and O–H groups in total. The third-order valence-corrected chi connectivity index (χ3v) is 8.65. The van der Waals surface area contributed by atoms with Gasteiger partial charge in [-0.25, -0.2) is 4.98 Å². The minimum absolute atomic E-state index is 0.0279. The van der Waals surface area contributed by atoms with Crippen LogP contribution in [-0.4, -0.2) is 38.6 Å². The standard InChI is InChI=1S/C28H28N4O3S2/c1-4-19-9-7-10-20(14-19)29-24(34)16-36-28-30-26-25(21-12-13-31(18(3)33)15-23(21)37-26)27(35)32(28)22-11-6-5-8-17(22)2/h5-11,14H,4,12-13,15-16H2,1-3H3,(H,29,34). The van der Waals surface area contributed by atoms with Crippen molar-refractivity contribution in [2.75, 3.05) is 17.6 Å². The van der Waals surface area contributed by atoms with Crippen molar-refractivity contribution < 1.29 is 9.59 Å². The van der Waals surface area contributed by atoms with Gasteiger partial charge in [0.15, 0.2) is 5.16 Å². The second-order valence-electron chi connectivity index (χ2n) is 9.09. The van der Waals surface area contributed by atoms with Crippen molar-refractivity contribution in [3.63, 3.8) is 0 Å². The van der Waals surface area contributed by atoms with Gasteiger partial charge < -0.3 is 10.2 Å². The molecule has 2 aromatic carbocycles. The van der Waals surface area contributed by atoms with E-state index in [1.165, 1.54) is 23.1 Å². The van der Waals surface area contributed by atoms with Crippen LogP contribution in [0, 0.1) is 6.92 Å². The van der Waals surface area contributed by atoms with Crippen LogP contribution in [-0.2, 0) is 29.0 Å². The van der Waals surface area contributed by atoms with Crippen LogP contribution in [0.2, 0.25) is 0 Å². The summed E-state index contributed by atoms with van der Waals surface area (Å²) in [5, 5.41) is 4.05. The van der Waals surface area contributed by atoms with Crippen molar-refractivity contribution in [3.05, 3.63) is 80.5 Å². The fourth-order valence-corrected chi connectivity index (χ4v) is 6.69. The fraction of sp³-hybridized carbons (Fsp3) is 0.286. The lowest BCUT2D eigenvalue weighted by Crippen LogP contribution is -2.34. The number of amides is 2. The molecule has 37 heavy (non-hydrogen) atoms. The highest BCUT2D eigenvalue weighted by Crippen LogP contribution is 2.34. The molecule has 0 saturated heterocycles. The zero-order valence-electron chi connectivity index (χ0n) is 21.0. The van der Waals surface area contributed by atoms with Gasteiger partial charge in [-0.1, -0.05) is 49.0 Å². The molecule has 0 fully saturated rings. The first-order valence-electron chi connectivity index (χ1n) is 12.3. The van der Waals surface area contributed by atoms with E-state index in [1.54, 1.807) is 16.4 Å². The molecule has 5 rings (SSSR count). The summed E-state index contributed by atoms with van der Waals surface area (Å²) in [6, 6.07) is 15.5. The molecular weight excluding hydrogens is 504 g/mol. The molecule has 7 nitrogen and oxygen atoms in total. The number of anilines is 1. The van der Waals surface area contributed by atoms with E-state index >= 15 is 0 Å². The summed E-state index contributed by atoms with van der Waals surface area (Å²) in [6.07, 6.45) is 1.52. The number of fused-ring (bicyclic) bond motifs is 3. The molecule has 1 aliphatic heterocycles. The van der Waals surface area contributed by atoms with Crippen LogP contribution < -0.4 is 10.9 Å². The van der Waals surface area contributed by atoms with E-state index in [0.717, 1.165) is 39.4 Å². The SMILES string of the molecule is CCc1cccc(NC(=O)CSc2nc3sc4c(c3c(=O)n2-c2ccccc2C)CCN(C(C)=O)C4)c1. The Labute approximate surface area is 223 Å². The normalized spacial score (nSPS) is 13.0. The maximum Gasteiger partial charge on any atom is 0.267 e. The quantitative estimate of drug-likeness (QED) is 0.281. The van der Waals surface area contributed by atoms with Crippen LogP contribution in [0.1, 0.15) is 35.4 Å². The lowest BCUT2D eigenvalue weighted by Gasteiger charge is -2.25. The number of nitrogens with zero attached hydrogens (tertiary/aromatic N) is 3. The van der Waals surface area contributed by atoms with E-state index in [1.807, 2.05) is 55.5 Å². The van der Waals surface area contributed by atoms with Gasteiger partial charge in [0, 0.05) is 24.0 Å². The number of aromatic nitrogens is 2. The molecule has 2 aromatic heterocycles. The van der Waals surface area contributed by atoms with E-state index < -0.39 is 0 Å². The smallest absolute Gasteiger partial charge is 0.267 e. The van der Waals surface area contributed by atoms with Crippen molar-refractivity contribution in [3.8, 4) is 5.69 Å². The number of para-hydroxylation sites is 1. The van der Waals surface area contributed by atoms with Crippen molar-refractivity contribution >= 4 is 50.8 Å². The Morgan fingerprint density at radius 2 is 1.97 bits per heavy atom. The predicted molar refractivity (Wildman–Crippen MR) is 150 cm³/mol. The van der Waals surface area contributed by atoms with Crippen LogP contribution in [0.25, 0.3) is 15.9 Å². The molecular formula is C28H28N4O3S2. The van der Waals surface area contributed by atoms with Gasteiger partial charge in [-0.2, -0.15) is 0 Å². The van der Waals surface area contributed by atoms with Crippen molar-refractivity contribution in [1.82, 2.24) is 14.5 Å². The number of thioether (sulfide) groups is 1. The van der Waals surface area contributed by atoms with E-state index in [-0.39, 0.29) is 23.1 Å². The maximum absolute atomic E-state index is 14.0. The molecule has 2 amide bonds. The number of hydrogen-bond acceptors (Lipinski definition) is 6. The summed E-state index contributed by atoms with van der Waals surface area (Å²) in [5.41, 5.74) is 4.46. The third kappa shape index (κ3) is 5.06. The molecule has 0 aliphatic carbocycles. The topological polar surface area (TPSA) is 84.3 Å². The summed E-state index contributed by atoms with van der Waals surface area (Å²) in [5.74, 6) is -0.0183. The number of carbonyl (C=O) groups excluding carboxylic acids is 2. The Balaban J connectivity index is 1.52. The second kappa shape index (κ2) is 10.5. The molecule has 3 heterocycles. The van der Waals surface area contributed by atoms with Gasteiger partial charge >= 0.3 is 0 Å². The van der Waals surface area contributed by atoms with Gasteiger partial charge in [-0.15, -0.1) is 11.3 Å². The van der Waals surface area contributed by atoms with Gasteiger partial charge in [-0.3, -0.25) is 19.0 Å². The van der Waals surface area contributed by atoms with E-state index in [2.05, 4.69) is 12.2 Å². The minimum Gasteiger partial charge on any atom is -0.337 e. The van der Waals surface area contributed by atoms with Gasteiger partial charge in [0.05, 0.1) is 23.4 Å². The fourth-order valence-electron chi connectivity index (χ4n) is 4.61. The predicted octanol–water partition coefficient (Wildman–Crippen LogP) is 4.95. The molecule has 190 valence electrons. The second-order valence-corrected chi connectivity index (χ2v) is 11.1. The van der Waals surface area contributed by atoms with Crippen molar-refractivity contribution in [2.24, 2.45) is 0 Å². The minimum atomic E-state index is -0.161. The van der Waals surface area contributed by atoms with Crippen LogP contribution >= 0.6 is 23.1 Å². The van der Waals surface area contributed by atoms with E-state index in [4.69, 9.17) is 4.98 Å². The summed E-state index contributed by atoms with van der Waals surface area (Å²) < 4.78 is 1.64. The molecule has 1 aliphatic rings. The van der Waals surface area contributed by atoms with Gasteiger partial charge in [-0.05, 0) is 54.7 Å². The number of thiophene rings is 1. The Bertz CT molecular complexity index is 1570. The van der Waals surface area contributed by atoms with Crippen molar-refractivity contribution in [1.29, 1.82) is 0 Å². The van der Waals surface area contributed by atoms with Crippen molar-refractivity contribution in [2.45, 2.75) is 45.3 Å². The Morgan fingerprint density at radius 1 is 1.16 bits per heavy atom. The zero-order chi connectivity index (χ0) is 26.1. The number of rotatable bonds is 6. The largest absolute Gasteiger partial charge is 0.337 e. The highest BCUT2D eigenvalue weighted by molar-refractivity contribution is 7.99. The average molecular weight is 533 g/mol. The van der Waals surface area contributed by atoms with Crippen LogP contribution in [0.3, 0.4) is 0 Å². The average Bonchev–Trinajstić information content (AvgIpc) is 3.26. The summed E-state index contributed by atoms with van der Waals surface area (Å²) in [7, 11) is 0. The number of carbonyl (C=O) groups is 2. The summed E-state index contributed by atoms with van der Waals surface area (Å²) in [4.78, 5) is 47.1. The first kappa shape index (κ1) is 25.2. The highest BCUT2D eigenvalue weighted by Gasteiger charge is 2.27. The summed E-state index contributed by atoms with van der Waals surface area (Å²) >= 11 is 2.72. The zero-order valence-corrected chi connectivity index (χ0v) is 22.7. The number of hydrogen-bond donors (Lipinski definition) is 1.